The molecule has 0 amide bonds. The smallest absolute Gasteiger partial charge is 0.243 e. The number of sulfonamides is 1. The molecule has 8 nitrogen and oxygen atoms in total. The van der Waals surface area contributed by atoms with E-state index in [4.69, 9.17) is 4.74 Å². The lowest BCUT2D eigenvalue weighted by atomic mass is 9.85. The fourth-order valence-corrected chi connectivity index (χ4v) is 5.69. The molecular weight excluding hydrogens is 488 g/mol. The van der Waals surface area contributed by atoms with Crippen molar-refractivity contribution in [3.05, 3.63) is 82.4 Å². The molecule has 4 rings (SSSR count). The van der Waals surface area contributed by atoms with Crippen LogP contribution in [-0.4, -0.2) is 47.7 Å². The van der Waals surface area contributed by atoms with Crippen molar-refractivity contribution in [3.63, 3.8) is 0 Å². The Kier molecular flexibility index (Phi) is 7.47. The van der Waals surface area contributed by atoms with E-state index in [1.54, 1.807) is 57.1 Å². The van der Waals surface area contributed by atoms with Gasteiger partial charge in [0, 0.05) is 33.0 Å². The number of fused-ring (bicyclic) bond motifs is 1. The normalized spacial score (nSPS) is 12.7. The maximum absolute atomic E-state index is 13.2. The topological polar surface area (TPSA) is 94.4 Å². The van der Waals surface area contributed by atoms with Crippen LogP contribution in [0.25, 0.3) is 11.0 Å². The fraction of sp³-hybridized carbons (Fsp3) is 0.321. The molecule has 0 aliphatic rings. The molecule has 0 unspecified atom stereocenters. The number of carbonyl (C=O) groups is 1. The number of ketones is 1. The summed E-state index contributed by atoms with van der Waals surface area (Å²) in [6.45, 7) is 5.65. The second-order valence-electron chi connectivity index (χ2n) is 9.52. The number of hydrogen-bond acceptors (Lipinski definition) is 6. The molecule has 1 aromatic heterocycles. The highest BCUT2D eigenvalue weighted by molar-refractivity contribution is 7.89. The molecule has 0 aliphatic carbocycles. The summed E-state index contributed by atoms with van der Waals surface area (Å²) in [6.07, 6.45) is 0.287. The Morgan fingerprint density at radius 3 is 2.41 bits per heavy atom. The summed E-state index contributed by atoms with van der Waals surface area (Å²) in [6, 6.07) is 16.7. The number of Topliss-reactive ketones (excluding diaryl/α,β-unsaturated/α-hetero) is 1. The van der Waals surface area contributed by atoms with Crippen LogP contribution in [0.15, 0.2) is 59.5 Å². The summed E-state index contributed by atoms with van der Waals surface area (Å²) < 4.78 is 35.0. The van der Waals surface area contributed by atoms with Gasteiger partial charge in [-0.05, 0) is 67.3 Å². The Morgan fingerprint density at radius 2 is 1.76 bits per heavy atom. The number of nitrogens with zero attached hydrogens (tertiary/aromatic N) is 4. The van der Waals surface area contributed by atoms with E-state index in [1.807, 2.05) is 44.2 Å². The number of methoxy groups -OCH3 is 1. The summed E-state index contributed by atoms with van der Waals surface area (Å²) in [5.41, 5.74) is 6.10. The van der Waals surface area contributed by atoms with E-state index in [2.05, 4.69) is 10.3 Å². The number of benzene rings is 3. The first kappa shape index (κ1) is 26.5. The van der Waals surface area contributed by atoms with Crippen LogP contribution in [-0.2, 0) is 28.4 Å². The maximum atomic E-state index is 13.2. The van der Waals surface area contributed by atoms with Crippen molar-refractivity contribution in [3.8, 4) is 5.75 Å². The highest BCUT2D eigenvalue weighted by Gasteiger charge is 2.24. The molecule has 0 fully saturated rings. The molecule has 194 valence electrons. The van der Waals surface area contributed by atoms with Gasteiger partial charge in [0.15, 0.2) is 0 Å². The van der Waals surface area contributed by atoms with E-state index in [0.717, 1.165) is 33.3 Å². The highest BCUT2D eigenvalue weighted by atomic mass is 32.2. The van der Waals surface area contributed by atoms with Crippen LogP contribution in [0.1, 0.15) is 47.1 Å². The minimum atomic E-state index is -3.66. The third-order valence-corrected chi connectivity index (χ3v) is 8.52. The minimum Gasteiger partial charge on any atom is -0.494 e. The second-order valence-corrected chi connectivity index (χ2v) is 11.6. The predicted octanol–water partition coefficient (Wildman–Crippen LogP) is 4.53. The molecule has 3 aromatic carbocycles. The van der Waals surface area contributed by atoms with E-state index in [9.17, 15) is 13.2 Å². The van der Waals surface area contributed by atoms with Gasteiger partial charge in [0.25, 0.3) is 0 Å². The fourth-order valence-electron chi connectivity index (χ4n) is 4.54. The molecule has 1 atom stereocenters. The van der Waals surface area contributed by atoms with Gasteiger partial charge < -0.3 is 4.74 Å². The van der Waals surface area contributed by atoms with Crippen molar-refractivity contribution in [1.29, 1.82) is 0 Å². The van der Waals surface area contributed by atoms with Crippen molar-refractivity contribution in [2.24, 2.45) is 7.05 Å². The van der Waals surface area contributed by atoms with E-state index >= 15 is 0 Å². The molecular formula is C28H32N4O4S. The first-order chi connectivity index (χ1) is 17.5. The van der Waals surface area contributed by atoms with E-state index in [0.29, 0.717) is 11.3 Å². The van der Waals surface area contributed by atoms with Gasteiger partial charge in [-0.1, -0.05) is 41.1 Å². The summed E-state index contributed by atoms with van der Waals surface area (Å²) in [5, 5.41) is 8.36. The molecule has 0 saturated carbocycles. The number of rotatable bonds is 9. The molecule has 1 heterocycles. The number of hydrogen-bond donors (Lipinski definition) is 0. The van der Waals surface area contributed by atoms with Crippen LogP contribution in [0, 0.1) is 13.8 Å². The van der Waals surface area contributed by atoms with Gasteiger partial charge >= 0.3 is 0 Å². The van der Waals surface area contributed by atoms with Crippen molar-refractivity contribution in [1.82, 2.24) is 19.3 Å². The Balaban J connectivity index is 1.73. The van der Waals surface area contributed by atoms with Crippen LogP contribution in [0.5, 0.6) is 5.75 Å². The Morgan fingerprint density at radius 1 is 1.05 bits per heavy atom. The predicted molar refractivity (Wildman–Crippen MR) is 143 cm³/mol. The Labute approximate surface area is 217 Å². The van der Waals surface area contributed by atoms with Gasteiger partial charge in [0.05, 0.1) is 12.0 Å². The highest BCUT2D eigenvalue weighted by Crippen LogP contribution is 2.35. The minimum absolute atomic E-state index is 0.0457. The number of carbonyl (C=O) groups excluding carboxylic acids is 1. The van der Waals surface area contributed by atoms with Crippen LogP contribution in [0.3, 0.4) is 0 Å². The van der Waals surface area contributed by atoms with Gasteiger partial charge in [0.2, 0.25) is 10.0 Å². The lowest BCUT2D eigenvalue weighted by molar-refractivity contribution is -0.117. The standard InChI is InChI=1S/C28H32N4O4S/c1-18-7-11-24(12-8-18)37(34,35)31(4)17-23-14-21(10-9-19(23)2)25(13-20(3)33)22-15-26-28(27(16-22)36-6)32(5)30-29-26/h7-12,14-16,25H,13,17H2,1-6H3/t25-/m0/s1. The quantitative estimate of drug-likeness (QED) is 0.322. The molecule has 0 bridgehead atoms. The van der Waals surface area contributed by atoms with Gasteiger partial charge in [-0.15, -0.1) is 5.10 Å². The Hall–Kier alpha value is -3.56. The number of aromatic nitrogens is 3. The molecule has 4 aromatic rings. The average molecular weight is 521 g/mol. The van der Waals surface area contributed by atoms with Crippen LogP contribution >= 0.6 is 0 Å². The van der Waals surface area contributed by atoms with Crippen molar-refractivity contribution in [2.45, 2.75) is 44.6 Å². The molecule has 0 N–H and O–H groups in total. The zero-order chi connectivity index (χ0) is 26.9. The van der Waals surface area contributed by atoms with Crippen molar-refractivity contribution >= 4 is 26.8 Å². The van der Waals surface area contributed by atoms with Gasteiger partial charge in [-0.3, -0.25) is 4.79 Å². The molecule has 9 heteroatoms. The summed E-state index contributed by atoms with van der Waals surface area (Å²) in [7, 11) is 1.32. The van der Waals surface area contributed by atoms with E-state index in [-0.39, 0.29) is 29.6 Å². The molecule has 0 saturated heterocycles. The van der Waals surface area contributed by atoms with Gasteiger partial charge in [-0.25, -0.2) is 13.1 Å². The number of ether oxygens (including phenoxy) is 1. The first-order valence-electron chi connectivity index (χ1n) is 12.0. The van der Waals surface area contributed by atoms with E-state index in [1.165, 1.54) is 4.31 Å². The monoisotopic (exact) mass is 520 g/mol. The molecule has 0 aliphatic heterocycles. The lowest BCUT2D eigenvalue weighted by Gasteiger charge is -2.22. The SMILES string of the molecule is COc1cc([C@@H](CC(C)=O)c2ccc(C)c(CN(C)S(=O)(=O)c3ccc(C)cc3)c2)cc2nnn(C)c12. The zero-order valence-electron chi connectivity index (χ0n) is 22.0. The third-order valence-electron chi connectivity index (χ3n) is 6.70. The summed E-state index contributed by atoms with van der Waals surface area (Å²) in [5.74, 6) is 0.422. The molecule has 0 spiro atoms. The third kappa shape index (κ3) is 5.42. The largest absolute Gasteiger partial charge is 0.494 e. The second kappa shape index (κ2) is 10.4. The van der Waals surface area contributed by atoms with Crippen LogP contribution < -0.4 is 4.74 Å². The molecule has 0 radical (unpaired) electrons. The van der Waals surface area contributed by atoms with Crippen LogP contribution in [0.2, 0.25) is 0 Å². The molecule has 37 heavy (non-hydrogen) atoms. The van der Waals surface area contributed by atoms with Crippen molar-refractivity contribution in [2.75, 3.05) is 14.2 Å². The Bertz CT molecular complexity index is 1560. The van der Waals surface area contributed by atoms with Crippen molar-refractivity contribution < 1.29 is 17.9 Å². The maximum Gasteiger partial charge on any atom is 0.243 e. The van der Waals surface area contributed by atoms with E-state index < -0.39 is 10.0 Å². The summed E-state index contributed by atoms with van der Waals surface area (Å²) >= 11 is 0. The number of aryl methyl sites for hydroxylation is 3. The summed E-state index contributed by atoms with van der Waals surface area (Å²) in [4.78, 5) is 12.6. The van der Waals surface area contributed by atoms with Crippen LogP contribution in [0.4, 0.5) is 0 Å². The van der Waals surface area contributed by atoms with Gasteiger partial charge in [-0.2, -0.15) is 4.31 Å². The average Bonchev–Trinajstić information content (AvgIpc) is 3.24. The zero-order valence-corrected chi connectivity index (χ0v) is 22.8. The lowest BCUT2D eigenvalue weighted by Crippen LogP contribution is -2.27. The first-order valence-corrected chi connectivity index (χ1v) is 13.4. The van der Waals surface area contributed by atoms with Gasteiger partial charge in [0.1, 0.15) is 22.6 Å².